The van der Waals surface area contributed by atoms with Crippen molar-refractivity contribution >= 4 is 61.6 Å². The Balaban J connectivity index is 0.00000494. The molecule has 0 bridgehead atoms. The van der Waals surface area contributed by atoms with E-state index in [0.29, 0.717) is 6.67 Å². The number of para-hydroxylation sites is 5. The maximum atomic E-state index is 5.05. The molecule has 0 saturated carbocycles. The zero-order valence-corrected chi connectivity index (χ0v) is 39.0. The molecule has 11 aromatic rings. The van der Waals surface area contributed by atoms with E-state index in [4.69, 9.17) is 4.98 Å². The third-order valence-corrected chi connectivity index (χ3v) is 12.8. The Labute approximate surface area is 405 Å². The van der Waals surface area contributed by atoms with E-state index in [-0.39, 0.29) is 21.1 Å². The Hall–Kier alpha value is -7.98. The van der Waals surface area contributed by atoms with E-state index in [1.807, 2.05) is 6.20 Å². The number of fused-ring (bicyclic) bond motifs is 4. The van der Waals surface area contributed by atoms with Gasteiger partial charge in [0.05, 0.1) is 23.7 Å². The van der Waals surface area contributed by atoms with Crippen molar-refractivity contribution in [3.8, 4) is 39.2 Å². The molecular formula is C61H43N5Pt. The van der Waals surface area contributed by atoms with E-state index < -0.39 is 0 Å². The smallest absolute Gasteiger partial charge is 0.357 e. The van der Waals surface area contributed by atoms with Crippen LogP contribution in [0.25, 0.3) is 61.0 Å². The van der Waals surface area contributed by atoms with Crippen LogP contribution in [0.15, 0.2) is 231 Å². The van der Waals surface area contributed by atoms with Crippen LogP contribution in [0.2, 0.25) is 0 Å². The van der Waals surface area contributed by atoms with Crippen LogP contribution < -0.4 is 14.7 Å². The molecule has 0 radical (unpaired) electrons. The van der Waals surface area contributed by atoms with Gasteiger partial charge in [-0.25, -0.2) is 4.98 Å². The van der Waals surface area contributed by atoms with Crippen LogP contribution >= 0.6 is 0 Å². The van der Waals surface area contributed by atoms with E-state index >= 15 is 0 Å². The van der Waals surface area contributed by atoms with Crippen LogP contribution in [-0.2, 0) is 21.1 Å². The van der Waals surface area contributed by atoms with Gasteiger partial charge in [-0.05, 0) is 82.6 Å². The van der Waals surface area contributed by atoms with Crippen molar-refractivity contribution in [3.05, 3.63) is 248 Å². The minimum Gasteiger partial charge on any atom is -0.357 e. The molecule has 0 N–H and O–H groups in total. The molecule has 67 heavy (non-hydrogen) atoms. The van der Waals surface area contributed by atoms with Gasteiger partial charge >= 0.3 is 21.1 Å². The van der Waals surface area contributed by atoms with E-state index in [1.165, 1.54) is 11.1 Å². The molecule has 12 rings (SSSR count). The molecule has 0 saturated heterocycles. The molecule has 0 amide bonds. The van der Waals surface area contributed by atoms with Crippen LogP contribution in [0.3, 0.4) is 0 Å². The van der Waals surface area contributed by atoms with E-state index in [9.17, 15) is 0 Å². The predicted octanol–water partition coefficient (Wildman–Crippen LogP) is 15.8. The van der Waals surface area contributed by atoms with Gasteiger partial charge in [0.15, 0.2) is 0 Å². The zero-order valence-electron chi connectivity index (χ0n) is 36.7. The number of nitrogens with zero attached hydrogens (tertiary/aromatic N) is 5. The molecular weight excluding hydrogens is 998 g/mol. The Morgan fingerprint density at radius 1 is 0.478 bits per heavy atom. The first-order valence-electron chi connectivity index (χ1n) is 22.4. The molecule has 0 aliphatic carbocycles. The third-order valence-electron chi connectivity index (χ3n) is 12.8. The van der Waals surface area contributed by atoms with Gasteiger partial charge in [0, 0.05) is 28.5 Å². The normalized spacial score (nSPS) is 12.0. The van der Waals surface area contributed by atoms with Crippen LogP contribution in [0.1, 0.15) is 5.56 Å². The van der Waals surface area contributed by atoms with Crippen LogP contribution in [0.4, 0.5) is 39.8 Å². The second-order valence-electron chi connectivity index (χ2n) is 16.7. The minimum absolute atomic E-state index is 0. The molecule has 1 aliphatic heterocycles. The van der Waals surface area contributed by atoms with Crippen molar-refractivity contribution in [2.75, 3.05) is 21.4 Å². The van der Waals surface area contributed by atoms with Crippen molar-refractivity contribution in [1.82, 2.24) is 9.55 Å². The molecule has 0 unspecified atom stereocenters. The van der Waals surface area contributed by atoms with Crippen molar-refractivity contribution in [3.63, 3.8) is 0 Å². The summed E-state index contributed by atoms with van der Waals surface area (Å²) in [5, 5.41) is 2.24. The molecule has 0 atom stereocenters. The summed E-state index contributed by atoms with van der Waals surface area (Å²) in [6.45, 7) is 2.81. The van der Waals surface area contributed by atoms with E-state index in [0.717, 1.165) is 95.3 Å². The van der Waals surface area contributed by atoms with Crippen molar-refractivity contribution < 1.29 is 21.1 Å². The molecule has 322 valence electrons. The van der Waals surface area contributed by atoms with Gasteiger partial charge < -0.3 is 19.3 Å². The monoisotopic (exact) mass is 1040 g/mol. The van der Waals surface area contributed by atoms with Crippen LogP contribution in [-0.4, -0.2) is 16.2 Å². The first-order chi connectivity index (χ1) is 32.7. The molecule has 6 heteroatoms. The third kappa shape index (κ3) is 7.48. The number of pyridine rings is 1. The Morgan fingerprint density at radius 2 is 1.07 bits per heavy atom. The first kappa shape index (κ1) is 41.7. The summed E-state index contributed by atoms with van der Waals surface area (Å²) in [4.78, 5) is 12.2. The number of anilines is 7. The zero-order chi connectivity index (χ0) is 44.0. The van der Waals surface area contributed by atoms with Crippen molar-refractivity contribution in [2.45, 2.75) is 6.92 Å². The van der Waals surface area contributed by atoms with Gasteiger partial charge in [0.2, 0.25) is 0 Å². The van der Waals surface area contributed by atoms with Crippen molar-refractivity contribution in [2.24, 2.45) is 0 Å². The van der Waals surface area contributed by atoms with Crippen LogP contribution in [0.5, 0.6) is 0 Å². The topological polar surface area (TPSA) is 27.5 Å². The number of aromatic nitrogens is 2. The Morgan fingerprint density at radius 3 is 1.81 bits per heavy atom. The van der Waals surface area contributed by atoms with Crippen molar-refractivity contribution in [1.29, 1.82) is 0 Å². The fraction of sp³-hybridized carbons (Fsp3) is 0.0328. The summed E-state index contributed by atoms with van der Waals surface area (Å²) < 4.78 is 2.27. The summed E-state index contributed by atoms with van der Waals surface area (Å²) in [5.41, 5.74) is 17.2. The average Bonchev–Trinajstić information content (AvgIpc) is 3.94. The molecule has 3 heterocycles. The minimum atomic E-state index is 0. The second kappa shape index (κ2) is 17.8. The summed E-state index contributed by atoms with van der Waals surface area (Å²) in [6, 6.07) is 87.8. The summed E-state index contributed by atoms with van der Waals surface area (Å²) in [7, 11) is 0. The molecule has 0 fully saturated rings. The molecule has 0 spiro atoms. The van der Waals surface area contributed by atoms with Gasteiger partial charge in [0.1, 0.15) is 5.82 Å². The summed E-state index contributed by atoms with van der Waals surface area (Å²) >= 11 is 0. The van der Waals surface area contributed by atoms with Crippen LogP contribution in [0, 0.1) is 19.1 Å². The molecule has 1 aliphatic rings. The molecule has 2 aromatic heterocycles. The fourth-order valence-electron chi connectivity index (χ4n) is 9.69. The van der Waals surface area contributed by atoms with Gasteiger partial charge in [0.25, 0.3) is 0 Å². The Bertz CT molecular complexity index is 3490. The summed E-state index contributed by atoms with van der Waals surface area (Å²) in [5.74, 6) is 0.834. The largest absolute Gasteiger partial charge is 2.00 e. The second-order valence-corrected chi connectivity index (χ2v) is 16.7. The quantitative estimate of drug-likeness (QED) is 0.135. The van der Waals surface area contributed by atoms with Gasteiger partial charge in [-0.15, -0.1) is 35.7 Å². The predicted molar refractivity (Wildman–Crippen MR) is 274 cm³/mol. The molecule has 5 nitrogen and oxygen atoms in total. The number of hydrogen-bond acceptors (Lipinski definition) is 4. The standard InChI is InChI=1S/C61H43N5.Pt/c1-43-19-11-12-28-51(43)46-37-38-62-60(39-46)66-56-32-14-13-29-54(56)55-36-35-50(41-59(55)66)65(61-52(44-20-5-2-6-21-44)30-18-31-53(61)45-22-7-3-8-23-45)49-27-17-26-48(40-49)64-42-63(47-24-9-4-10-25-47)57-33-15-16-34-58(57)64;/h2-39H,42H2,1H3;/q-2;+2. The number of aryl methyl sites for hydroxylation is 1. The van der Waals surface area contributed by atoms with E-state index in [2.05, 4.69) is 263 Å². The number of benzene rings is 9. The van der Waals surface area contributed by atoms with Gasteiger partial charge in [-0.3, -0.25) is 0 Å². The van der Waals surface area contributed by atoms with Gasteiger partial charge in [-0.1, -0.05) is 174 Å². The average molecular weight is 1040 g/mol. The fourth-order valence-corrected chi connectivity index (χ4v) is 9.69. The maximum Gasteiger partial charge on any atom is 2.00 e. The molecule has 9 aromatic carbocycles. The number of hydrogen-bond donors (Lipinski definition) is 0. The maximum absolute atomic E-state index is 5.05. The summed E-state index contributed by atoms with van der Waals surface area (Å²) in [6.07, 6.45) is 1.92. The number of rotatable bonds is 9. The Kier molecular flexibility index (Phi) is 11.1. The van der Waals surface area contributed by atoms with Gasteiger partial charge in [-0.2, -0.15) is 12.1 Å². The first-order valence-corrected chi connectivity index (χ1v) is 22.4. The SMILES string of the molecule is Cc1ccccc1-c1ccnc(-n2c3[c-]c(N(c4[c-]c(N5CN(c6ccccc6)c6ccccc65)ccc4)c4c(-c5ccccc5)cccc4-c4ccccc4)ccc3c3ccccc32)c1.[Pt+2]. The van der Waals surface area contributed by atoms with E-state index in [1.54, 1.807) is 0 Å².